The number of nitrogens with one attached hydrogen (secondary N) is 3. The number of carbonyl (C=O) groups excluding carboxylic acids is 3. The summed E-state index contributed by atoms with van der Waals surface area (Å²) in [6.07, 6.45) is 3.18. The summed E-state index contributed by atoms with van der Waals surface area (Å²) < 4.78 is 19.5. The third-order valence-electron chi connectivity index (χ3n) is 6.27. The van der Waals surface area contributed by atoms with Gasteiger partial charge < -0.3 is 25.6 Å². The van der Waals surface area contributed by atoms with Gasteiger partial charge in [-0.25, -0.2) is 4.39 Å². The zero-order chi connectivity index (χ0) is 29.5. The standard InChI is InChI=1S/C21H29FN4O4.C7H7Cl.C2H6/c1-26-13-19(28)25-12-18(27)23-8-2-3-14-6-7-16(22)11-17(14)30-10-9-24-20(21(26)29)15-4-5-15;1-6-2-4-7(8)5-3-6;1-2/h6-7,11,15,20,24H,2-5,8-10,12-13H2,1H3,(H,23,27)(H,25,28);2-5H,1H3;1-2H3. The second-order valence-electron chi connectivity index (χ2n) is 9.59. The number of hydrogen-bond donors (Lipinski definition) is 3. The maximum Gasteiger partial charge on any atom is 0.240 e. The Morgan fingerprint density at radius 2 is 1.68 bits per heavy atom. The lowest BCUT2D eigenvalue weighted by atomic mass is 10.1. The van der Waals surface area contributed by atoms with Crippen molar-refractivity contribution in [3.8, 4) is 5.75 Å². The molecular formula is C30H42ClFN4O4. The number of hydrogen-bond acceptors (Lipinski definition) is 5. The normalized spacial score (nSPS) is 19.1. The number of halogens is 2. The zero-order valence-electron chi connectivity index (χ0n) is 23.9. The van der Waals surface area contributed by atoms with Crippen LogP contribution in [0.5, 0.6) is 5.75 Å². The van der Waals surface area contributed by atoms with Crippen molar-refractivity contribution in [1.82, 2.24) is 20.9 Å². The molecule has 2 aromatic carbocycles. The largest absolute Gasteiger partial charge is 0.492 e. The van der Waals surface area contributed by atoms with Crippen LogP contribution in [0.25, 0.3) is 0 Å². The lowest BCUT2D eigenvalue weighted by Gasteiger charge is -2.24. The Morgan fingerprint density at radius 1 is 0.975 bits per heavy atom. The number of rotatable bonds is 1. The number of fused-ring (bicyclic) bond motifs is 1. The van der Waals surface area contributed by atoms with Crippen LogP contribution in [-0.2, 0) is 20.8 Å². The summed E-state index contributed by atoms with van der Waals surface area (Å²) in [4.78, 5) is 38.2. The molecule has 0 radical (unpaired) electrons. The molecule has 1 aliphatic carbocycles. The summed E-state index contributed by atoms with van der Waals surface area (Å²) in [6, 6.07) is 11.8. The van der Waals surface area contributed by atoms with Crippen molar-refractivity contribution in [2.75, 3.05) is 39.8 Å². The quantitative estimate of drug-likeness (QED) is 0.478. The van der Waals surface area contributed by atoms with Crippen molar-refractivity contribution in [3.05, 3.63) is 64.4 Å². The van der Waals surface area contributed by atoms with Crippen LogP contribution in [0.2, 0.25) is 5.02 Å². The van der Waals surface area contributed by atoms with Gasteiger partial charge in [0.05, 0.1) is 19.1 Å². The predicted molar refractivity (Wildman–Crippen MR) is 156 cm³/mol. The fourth-order valence-corrected chi connectivity index (χ4v) is 4.12. The molecule has 4 rings (SSSR count). The molecule has 0 spiro atoms. The smallest absolute Gasteiger partial charge is 0.240 e. The molecule has 40 heavy (non-hydrogen) atoms. The number of likely N-dealkylation sites (N-methyl/N-ethyl adjacent to an activating group) is 1. The van der Waals surface area contributed by atoms with E-state index in [1.165, 1.54) is 22.6 Å². The Balaban J connectivity index is 0.000000475. The fraction of sp³-hybridized carbons (Fsp3) is 0.500. The van der Waals surface area contributed by atoms with E-state index in [0.717, 1.165) is 23.4 Å². The van der Waals surface area contributed by atoms with Gasteiger partial charge in [0.2, 0.25) is 17.7 Å². The highest BCUT2D eigenvalue weighted by Crippen LogP contribution is 2.33. The average molecular weight is 577 g/mol. The first kappa shape index (κ1) is 33.0. The Kier molecular flexibility index (Phi) is 14.5. The van der Waals surface area contributed by atoms with Crippen LogP contribution in [0, 0.1) is 18.7 Å². The van der Waals surface area contributed by atoms with Gasteiger partial charge in [-0.3, -0.25) is 14.4 Å². The third-order valence-corrected chi connectivity index (χ3v) is 6.52. The van der Waals surface area contributed by atoms with Crippen LogP contribution in [0.15, 0.2) is 42.5 Å². The van der Waals surface area contributed by atoms with Gasteiger partial charge in [0.1, 0.15) is 18.2 Å². The maximum atomic E-state index is 13.7. The highest BCUT2D eigenvalue weighted by molar-refractivity contribution is 6.30. The summed E-state index contributed by atoms with van der Waals surface area (Å²) in [5, 5.41) is 9.31. The zero-order valence-corrected chi connectivity index (χ0v) is 24.7. The highest BCUT2D eigenvalue weighted by atomic mass is 35.5. The summed E-state index contributed by atoms with van der Waals surface area (Å²) in [7, 11) is 1.58. The molecule has 1 fully saturated rings. The molecule has 3 N–H and O–H groups in total. The molecule has 1 aliphatic heterocycles. The molecule has 0 bridgehead atoms. The fourth-order valence-electron chi connectivity index (χ4n) is 4.00. The summed E-state index contributed by atoms with van der Waals surface area (Å²) in [6.45, 7) is 6.92. The van der Waals surface area contributed by atoms with Gasteiger partial charge in [-0.2, -0.15) is 0 Å². The summed E-state index contributed by atoms with van der Waals surface area (Å²) in [5.41, 5.74) is 2.10. The van der Waals surface area contributed by atoms with E-state index >= 15 is 0 Å². The number of amides is 3. The third kappa shape index (κ3) is 11.9. The molecular weight excluding hydrogens is 535 g/mol. The van der Waals surface area contributed by atoms with E-state index in [4.69, 9.17) is 16.3 Å². The van der Waals surface area contributed by atoms with E-state index in [0.29, 0.717) is 31.7 Å². The van der Waals surface area contributed by atoms with Crippen LogP contribution in [0.1, 0.15) is 44.2 Å². The molecule has 2 aliphatic rings. The molecule has 220 valence electrons. The molecule has 8 nitrogen and oxygen atoms in total. The van der Waals surface area contributed by atoms with Crippen LogP contribution in [-0.4, -0.2) is 68.5 Å². The molecule has 0 aromatic heterocycles. The molecule has 1 saturated carbocycles. The molecule has 1 unspecified atom stereocenters. The maximum absolute atomic E-state index is 13.7. The summed E-state index contributed by atoms with van der Waals surface area (Å²) >= 11 is 5.61. The minimum absolute atomic E-state index is 0.111. The second kappa shape index (κ2) is 17.5. The van der Waals surface area contributed by atoms with Gasteiger partial charge >= 0.3 is 0 Å². The van der Waals surface area contributed by atoms with E-state index < -0.39 is 0 Å². The Bertz CT molecular complexity index is 1070. The number of aryl methyl sites for hydroxylation is 2. The number of nitrogens with zero attached hydrogens (tertiary/aromatic N) is 1. The van der Waals surface area contributed by atoms with Crippen molar-refractivity contribution in [3.63, 3.8) is 0 Å². The lowest BCUT2D eigenvalue weighted by Crippen LogP contribution is -2.50. The first-order chi connectivity index (χ1) is 19.2. The number of carbonyl (C=O) groups is 3. The molecule has 3 amide bonds. The van der Waals surface area contributed by atoms with E-state index in [-0.39, 0.29) is 55.2 Å². The summed E-state index contributed by atoms with van der Waals surface area (Å²) in [5.74, 6) is -0.500. The van der Waals surface area contributed by atoms with Crippen molar-refractivity contribution < 1.29 is 23.5 Å². The van der Waals surface area contributed by atoms with Gasteiger partial charge in [-0.1, -0.05) is 49.2 Å². The monoisotopic (exact) mass is 576 g/mol. The lowest BCUT2D eigenvalue weighted by molar-refractivity contribution is -0.137. The first-order valence-corrected chi connectivity index (χ1v) is 14.3. The minimum Gasteiger partial charge on any atom is -0.492 e. The molecule has 10 heteroatoms. The minimum atomic E-state index is -0.388. The van der Waals surface area contributed by atoms with Crippen molar-refractivity contribution in [2.45, 2.75) is 52.5 Å². The van der Waals surface area contributed by atoms with Crippen molar-refractivity contribution >= 4 is 29.3 Å². The second-order valence-corrected chi connectivity index (χ2v) is 10.0. The Morgan fingerprint density at radius 3 is 2.33 bits per heavy atom. The topological polar surface area (TPSA) is 99.8 Å². The van der Waals surface area contributed by atoms with Gasteiger partial charge in [-0.15, -0.1) is 0 Å². The Hall–Kier alpha value is -3.17. The van der Waals surface area contributed by atoms with Crippen LogP contribution >= 0.6 is 11.6 Å². The van der Waals surface area contributed by atoms with Gasteiger partial charge in [0.25, 0.3) is 0 Å². The SMILES string of the molecule is CC.CN1CC(=O)NCC(=O)NCCCc2ccc(F)cc2OCCNC(C2CC2)C1=O.Cc1ccc(Cl)cc1. The van der Waals surface area contributed by atoms with Crippen LogP contribution < -0.4 is 20.7 Å². The molecule has 1 atom stereocenters. The predicted octanol–water partition coefficient (Wildman–Crippen LogP) is 3.88. The molecule has 2 aromatic rings. The highest BCUT2D eigenvalue weighted by Gasteiger charge is 2.37. The molecule has 0 saturated heterocycles. The van der Waals surface area contributed by atoms with Gasteiger partial charge in [-0.05, 0) is 62.3 Å². The Labute approximate surface area is 242 Å². The van der Waals surface area contributed by atoms with Crippen LogP contribution in [0.3, 0.4) is 0 Å². The van der Waals surface area contributed by atoms with Gasteiger partial charge in [0.15, 0.2) is 0 Å². The van der Waals surface area contributed by atoms with Crippen molar-refractivity contribution in [2.24, 2.45) is 5.92 Å². The van der Waals surface area contributed by atoms with Gasteiger partial charge in [0, 0.05) is 31.2 Å². The molecule has 1 heterocycles. The number of ether oxygens (including phenoxy) is 1. The van der Waals surface area contributed by atoms with Crippen LogP contribution in [0.4, 0.5) is 4.39 Å². The van der Waals surface area contributed by atoms with E-state index in [2.05, 4.69) is 16.0 Å². The van der Waals surface area contributed by atoms with E-state index in [9.17, 15) is 18.8 Å². The first-order valence-electron chi connectivity index (χ1n) is 13.9. The average Bonchev–Trinajstić information content (AvgIpc) is 3.78. The number of benzene rings is 2. The van der Waals surface area contributed by atoms with E-state index in [1.807, 2.05) is 45.0 Å². The van der Waals surface area contributed by atoms with Crippen molar-refractivity contribution in [1.29, 1.82) is 0 Å². The van der Waals surface area contributed by atoms with E-state index in [1.54, 1.807) is 13.1 Å².